The van der Waals surface area contributed by atoms with E-state index in [2.05, 4.69) is 11.4 Å². The van der Waals surface area contributed by atoms with Crippen molar-refractivity contribution in [1.82, 2.24) is 0 Å². The van der Waals surface area contributed by atoms with E-state index in [1.165, 1.54) is 33.9 Å². The van der Waals surface area contributed by atoms with Gasteiger partial charge in [0.2, 0.25) is 0 Å². The largest absolute Gasteiger partial charge is 0.375 e. The number of benzene rings is 1. The smallest absolute Gasteiger partial charge is 0.292 e. The first-order valence-electron chi connectivity index (χ1n) is 6.42. The highest BCUT2D eigenvalue weighted by Crippen LogP contribution is 2.32. The number of hydrogen-bond acceptors (Lipinski definition) is 4. The normalized spacial score (nSPS) is 13.2. The summed E-state index contributed by atoms with van der Waals surface area (Å²) >= 11 is 7.70. The van der Waals surface area contributed by atoms with E-state index in [0.29, 0.717) is 17.3 Å². The average molecular weight is 309 g/mol. The lowest BCUT2D eigenvalue weighted by Crippen LogP contribution is -2.01. The summed E-state index contributed by atoms with van der Waals surface area (Å²) in [4.78, 5) is 13.3. The predicted octanol–water partition coefficient (Wildman–Crippen LogP) is 4.41. The van der Waals surface area contributed by atoms with Crippen LogP contribution in [0.4, 0.5) is 11.4 Å². The second-order valence-electron chi connectivity index (χ2n) is 4.79. The van der Waals surface area contributed by atoms with Gasteiger partial charge in [0.25, 0.3) is 5.69 Å². The van der Waals surface area contributed by atoms with Crippen LogP contribution in [0, 0.1) is 10.1 Å². The average Bonchev–Trinajstić information content (AvgIpc) is 2.96. The molecule has 2 aromatic rings. The standard InChI is InChI=1S/C14H13ClN2O2S/c15-10-4-5-13(17(18)19)12(7-10)16-8-11-6-9-2-1-3-14(9)20-11/h4-7,16H,1-3,8H2. The number of anilines is 1. The van der Waals surface area contributed by atoms with E-state index in [4.69, 9.17) is 11.6 Å². The topological polar surface area (TPSA) is 55.2 Å². The second-order valence-corrected chi connectivity index (χ2v) is 6.44. The number of fused-ring (bicyclic) bond motifs is 1. The Labute approximate surface area is 125 Å². The summed E-state index contributed by atoms with van der Waals surface area (Å²) in [6, 6.07) is 6.76. The van der Waals surface area contributed by atoms with Crippen LogP contribution in [0.2, 0.25) is 5.02 Å². The van der Waals surface area contributed by atoms with Gasteiger partial charge in [0.05, 0.1) is 4.92 Å². The molecule has 1 aromatic heterocycles. The van der Waals surface area contributed by atoms with Crippen molar-refractivity contribution in [3.05, 3.63) is 54.7 Å². The maximum Gasteiger partial charge on any atom is 0.292 e. The quantitative estimate of drug-likeness (QED) is 0.672. The molecule has 6 heteroatoms. The summed E-state index contributed by atoms with van der Waals surface area (Å²) < 4.78 is 0. The number of aryl methyl sites for hydroxylation is 2. The molecule has 4 nitrogen and oxygen atoms in total. The van der Waals surface area contributed by atoms with Crippen LogP contribution in [-0.2, 0) is 19.4 Å². The van der Waals surface area contributed by atoms with Gasteiger partial charge >= 0.3 is 0 Å². The summed E-state index contributed by atoms with van der Waals surface area (Å²) in [5.74, 6) is 0. The molecule has 0 fully saturated rings. The molecule has 104 valence electrons. The van der Waals surface area contributed by atoms with Crippen molar-refractivity contribution >= 4 is 34.3 Å². The fraction of sp³-hybridized carbons (Fsp3) is 0.286. The molecular formula is C14H13ClN2O2S. The zero-order valence-electron chi connectivity index (χ0n) is 10.7. The van der Waals surface area contributed by atoms with Gasteiger partial charge in [-0.15, -0.1) is 11.3 Å². The Kier molecular flexibility index (Phi) is 3.63. The third-order valence-corrected chi connectivity index (χ3v) is 4.88. The molecule has 0 radical (unpaired) electrons. The molecule has 1 aliphatic rings. The van der Waals surface area contributed by atoms with Crippen LogP contribution in [0.1, 0.15) is 21.7 Å². The lowest BCUT2D eigenvalue weighted by Gasteiger charge is -2.06. The number of halogens is 1. The maximum atomic E-state index is 11.0. The molecule has 0 aliphatic heterocycles. The van der Waals surface area contributed by atoms with Crippen LogP contribution in [-0.4, -0.2) is 4.92 Å². The molecule has 0 atom stereocenters. The van der Waals surface area contributed by atoms with E-state index in [1.807, 2.05) is 0 Å². The third kappa shape index (κ3) is 2.64. The van der Waals surface area contributed by atoms with Gasteiger partial charge in [-0.2, -0.15) is 0 Å². The zero-order valence-corrected chi connectivity index (χ0v) is 12.3. The minimum absolute atomic E-state index is 0.0542. The van der Waals surface area contributed by atoms with Gasteiger partial charge in [-0.25, -0.2) is 0 Å². The number of nitro benzene ring substituents is 1. The predicted molar refractivity (Wildman–Crippen MR) is 81.8 cm³/mol. The molecule has 0 amide bonds. The molecule has 0 saturated heterocycles. The number of nitro groups is 1. The minimum atomic E-state index is -0.396. The van der Waals surface area contributed by atoms with Crippen LogP contribution in [0.3, 0.4) is 0 Å². The number of thiophene rings is 1. The lowest BCUT2D eigenvalue weighted by atomic mass is 10.2. The Morgan fingerprint density at radius 2 is 2.20 bits per heavy atom. The molecule has 0 saturated carbocycles. The number of rotatable bonds is 4. The highest BCUT2D eigenvalue weighted by molar-refractivity contribution is 7.12. The fourth-order valence-electron chi connectivity index (χ4n) is 2.47. The van der Waals surface area contributed by atoms with Crippen molar-refractivity contribution in [3.63, 3.8) is 0 Å². The van der Waals surface area contributed by atoms with E-state index >= 15 is 0 Å². The van der Waals surface area contributed by atoms with Crippen molar-refractivity contribution in [3.8, 4) is 0 Å². The molecule has 20 heavy (non-hydrogen) atoms. The molecule has 1 aromatic carbocycles. The van der Waals surface area contributed by atoms with Crippen LogP contribution in [0.5, 0.6) is 0 Å². The van der Waals surface area contributed by atoms with Crippen LogP contribution in [0.15, 0.2) is 24.3 Å². The van der Waals surface area contributed by atoms with E-state index in [9.17, 15) is 10.1 Å². The lowest BCUT2D eigenvalue weighted by molar-refractivity contribution is -0.384. The van der Waals surface area contributed by atoms with Gasteiger partial charge in [-0.1, -0.05) is 11.6 Å². The van der Waals surface area contributed by atoms with Gasteiger partial charge in [-0.3, -0.25) is 10.1 Å². The van der Waals surface area contributed by atoms with Gasteiger partial charge in [0.1, 0.15) is 5.69 Å². The highest BCUT2D eigenvalue weighted by atomic mass is 35.5. The summed E-state index contributed by atoms with van der Waals surface area (Å²) in [7, 11) is 0. The van der Waals surface area contributed by atoms with Gasteiger partial charge < -0.3 is 5.32 Å². The number of nitrogens with zero attached hydrogens (tertiary/aromatic N) is 1. The molecule has 0 unspecified atom stereocenters. The van der Waals surface area contributed by atoms with Crippen LogP contribution >= 0.6 is 22.9 Å². The Morgan fingerprint density at radius 3 is 2.95 bits per heavy atom. The molecule has 1 aliphatic carbocycles. The Morgan fingerprint density at radius 1 is 1.35 bits per heavy atom. The Balaban J connectivity index is 1.77. The van der Waals surface area contributed by atoms with Crippen molar-refractivity contribution < 1.29 is 4.92 Å². The summed E-state index contributed by atoms with van der Waals surface area (Å²) in [6.45, 7) is 0.596. The number of hydrogen-bond donors (Lipinski definition) is 1. The Bertz CT molecular complexity index is 648. The first-order chi connectivity index (χ1) is 9.63. The molecule has 1 N–H and O–H groups in total. The van der Waals surface area contributed by atoms with E-state index in [0.717, 1.165) is 12.8 Å². The summed E-state index contributed by atoms with van der Waals surface area (Å²) in [5.41, 5.74) is 1.96. The maximum absolute atomic E-state index is 11.0. The van der Waals surface area contributed by atoms with Crippen LogP contribution in [0.25, 0.3) is 0 Å². The van der Waals surface area contributed by atoms with Crippen molar-refractivity contribution in [2.24, 2.45) is 0 Å². The minimum Gasteiger partial charge on any atom is -0.375 e. The van der Waals surface area contributed by atoms with Gasteiger partial charge in [0, 0.05) is 27.4 Å². The first-order valence-corrected chi connectivity index (χ1v) is 7.61. The molecule has 0 spiro atoms. The second kappa shape index (κ2) is 5.42. The van der Waals surface area contributed by atoms with Crippen molar-refractivity contribution in [1.29, 1.82) is 0 Å². The zero-order chi connectivity index (χ0) is 14.1. The summed E-state index contributed by atoms with van der Waals surface area (Å²) in [5, 5.41) is 14.6. The van der Waals surface area contributed by atoms with E-state index < -0.39 is 4.92 Å². The van der Waals surface area contributed by atoms with Crippen molar-refractivity contribution in [2.45, 2.75) is 25.8 Å². The van der Waals surface area contributed by atoms with E-state index in [1.54, 1.807) is 17.4 Å². The SMILES string of the molecule is O=[N+]([O-])c1ccc(Cl)cc1NCc1cc2c(s1)CCC2. The van der Waals surface area contributed by atoms with Gasteiger partial charge in [0.15, 0.2) is 0 Å². The Hall–Kier alpha value is -1.59. The summed E-state index contributed by atoms with van der Waals surface area (Å²) in [6.07, 6.45) is 3.56. The van der Waals surface area contributed by atoms with Crippen LogP contribution < -0.4 is 5.32 Å². The van der Waals surface area contributed by atoms with E-state index in [-0.39, 0.29) is 5.69 Å². The first kappa shape index (κ1) is 13.4. The molecular weight excluding hydrogens is 296 g/mol. The monoisotopic (exact) mass is 308 g/mol. The molecule has 0 bridgehead atoms. The third-order valence-electron chi connectivity index (χ3n) is 3.41. The highest BCUT2D eigenvalue weighted by Gasteiger charge is 2.16. The molecule has 3 rings (SSSR count). The number of nitrogens with one attached hydrogen (secondary N) is 1. The fourth-order valence-corrected chi connectivity index (χ4v) is 3.84. The van der Waals surface area contributed by atoms with Crippen molar-refractivity contribution in [2.75, 3.05) is 5.32 Å². The van der Waals surface area contributed by atoms with Gasteiger partial charge in [-0.05, 0) is 43.0 Å². The molecule has 1 heterocycles.